The molecule has 3 unspecified atom stereocenters. The number of amides is 2. The summed E-state index contributed by atoms with van der Waals surface area (Å²) in [7, 11) is 0. The number of nitrogens with one attached hydrogen (secondary N) is 2. The summed E-state index contributed by atoms with van der Waals surface area (Å²) in [5.41, 5.74) is 2.26. The summed E-state index contributed by atoms with van der Waals surface area (Å²) in [6, 6.07) is 8.06. The van der Waals surface area contributed by atoms with Crippen molar-refractivity contribution in [1.29, 1.82) is 0 Å². The molecule has 2 fully saturated rings. The van der Waals surface area contributed by atoms with Gasteiger partial charge in [-0.1, -0.05) is 29.8 Å². The van der Waals surface area contributed by atoms with Gasteiger partial charge in [0, 0.05) is 19.7 Å². The number of rotatable bonds is 6. The molecule has 1 aromatic rings. The summed E-state index contributed by atoms with van der Waals surface area (Å²) in [6.07, 6.45) is 2.86. The predicted molar refractivity (Wildman–Crippen MR) is 86.6 cm³/mol. The molecule has 2 N–H and O–H groups in total. The van der Waals surface area contributed by atoms with E-state index in [0.29, 0.717) is 19.5 Å². The van der Waals surface area contributed by atoms with Crippen LogP contribution in [0.3, 0.4) is 0 Å². The summed E-state index contributed by atoms with van der Waals surface area (Å²) in [5, 5.41) is 5.84. The second-order valence-corrected chi connectivity index (χ2v) is 6.54. The zero-order valence-corrected chi connectivity index (χ0v) is 13.5. The highest BCUT2D eigenvalue weighted by molar-refractivity contribution is 5.92. The standard InChI is InChI=1S/C18H24N2O3/c1-12-4-2-5-13(8-12)10-19-17(21)15-9-16(15)18(22)20-11-14-6-3-7-23-14/h2,4-5,8,14-16H,3,6-7,9-11H2,1H3,(H,19,21)(H,20,22). The Morgan fingerprint density at radius 1 is 1.22 bits per heavy atom. The first kappa shape index (κ1) is 16.0. The summed E-state index contributed by atoms with van der Waals surface area (Å²) < 4.78 is 5.48. The van der Waals surface area contributed by atoms with Crippen LogP contribution < -0.4 is 10.6 Å². The molecule has 0 radical (unpaired) electrons. The number of aryl methyl sites for hydroxylation is 1. The van der Waals surface area contributed by atoms with Gasteiger partial charge in [-0.25, -0.2) is 0 Å². The van der Waals surface area contributed by atoms with E-state index in [2.05, 4.69) is 16.7 Å². The van der Waals surface area contributed by atoms with Crippen LogP contribution in [0.15, 0.2) is 24.3 Å². The fourth-order valence-corrected chi connectivity index (χ4v) is 3.07. The van der Waals surface area contributed by atoms with E-state index in [1.807, 2.05) is 25.1 Å². The van der Waals surface area contributed by atoms with Gasteiger partial charge in [-0.2, -0.15) is 0 Å². The largest absolute Gasteiger partial charge is 0.376 e. The summed E-state index contributed by atoms with van der Waals surface area (Å²) in [4.78, 5) is 24.2. The van der Waals surface area contributed by atoms with Crippen LogP contribution in [0.4, 0.5) is 0 Å². The Hall–Kier alpha value is -1.88. The van der Waals surface area contributed by atoms with E-state index in [-0.39, 0.29) is 29.8 Å². The molecule has 23 heavy (non-hydrogen) atoms. The van der Waals surface area contributed by atoms with Crippen LogP contribution in [0, 0.1) is 18.8 Å². The van der Waals surface area contributed by atoms with Gasteiger partial charge < -0.3 is 15.4 Å². The first-order valence-electron chi connectivity index (χ1n) is 8.36. The number of benzene rings is 1. The zero-order chi connectivity index (χ0) is 16.2. The Morgan fingerprint density at radius 2 is 2.00 bits per heavy atom. The van der Waals surface area contributed by atoms with Crippen LogP contribution in [0.2, 0.25) is 0 Å². The molecule has 1 saturated carbocycles. The minimum Gasteiger partial charge on any atom is -0.376 e. The zero-order valence-electron chi connectivity index (χ0n) is 13.5. The summed E-state index contributed by atoms with van der Waals surface area (Å²) in [5.74, 6) is -0.391. The molecule has 0 bridgehead atoms. The van der Waals surface area contributed by atoms with E-state index in [4.69, 9.17) is 4.74 Å². The molecule has 3 atom stereocenters. The van der Waals surface area contributed by atoms with Crippen molar-refractivity contribution in [3.63, 3.8) is 0 Å². The molecule has 1 aliphatic carbocycles. The molecule has 5 nitrogen and oxygen atoms in total. The maximum Gasteiger partial charge on any atom is 0.224 e. The van der Waals surface area contributed by atoms with E-state index >= 15 is 0 Å². The van der Waals surface area contributed by atoms with Crippen molar-refractivity contribution < 1.29 is 14.3 Å². The highest BCUT2D eigenvalue weighted by Crippen LogP contribution is 2.38. The van der Waals surface area contributed by atoms with E-state index in [1.165, 1.54) is 5.56 Å². The lowest BCUT2D eigenvalue weighted by molar-refractivity contribution is -0.127. The molecule has 0 aromatic heterocycles. The van der Waals surface area contributed by atoms with Crippen molar-refractivity contribution in [2.75, 3.05) is 13.2 Å². The molecule has 5 heteroatoms. The minimum atomic E-state index is -0.177. The highest BCUT2D eigenvalue weighted by Gasteiger charge is 2.47. The number of hydrogen-bond donors (Lipinski definition) is 2. The maximum absolute atomic E-state index is 12.1. The molecule has 1 heterocycles. The highest BCUT2D eigenvalue weighted by atomic mass is 16.5. The van der Waals surface area contributed by atoms with Crippen molar-refractivity contribution in [2.45, 2.75) is 38.8 Å². The third-order valence-corrected chi connectivity index (χ3v) is 4.54. The third-order valence-electron chi connectivity index (χ3n) is 4.54. The lowest BCUT2D eigenvalue weighted by Crippen LogP contribution is -2.34. The van der Waals surface area contributed by atoms with Crippen LogP contribution >= 0.6 is 0 Å². The Bertz CT molecular complexity index is 581. The summed E-state index contributed by atoms with van der Waals surface area (Å²) >= 11 is 0. The van der Waals surface area contributed by atoms with E-state index in [1.54, 1.807) is 0 Å². The quantitative estimate of drug-likeness (QED) is 0.836. The molecule has 1 saturated heterocycles. The fraction of sp³-hybridized carbons (Fsp3) is 0.556. The smallest absolute Gasteiger partial charge is 0.224 e. The van der Waals surface area contributed by atoms with Gasteiger partial charge in [0.25, 0.3) is 0 Å². The molecule has 1 aliphatic heterocycles. The normalized spacial score (nSPS) is 25.9. The molecule has 124 valence electrons. The molecular weight excluding hydrogens is 292 g/mol. The van der Waals surface area contributed by atoms with Gasteiger partial charge in [0.1, 0.15) is 0 Å². The molecule has 1 aromatic carbocycles. The van der Waals surface area contributed by atoms with E-state index in [0.717, 1.165) is 25.0 Å². The predicted octanol–water partition coefficient (Wildman–Crippen LogP) is 1.54. The van der Waals surface area contributed by atoms with Gasteiger partial charge in [-0.15, -0.1) is 0 Å². The number of carbonyl (C=O) groups excluding carboxylic acids is 2. The van der Waals surface area contributed by atoms with E-state index < -0.39 is 0 Å². The van der Waals surface area contributed by atoms with Crippen LogP contribution in [0.25, 0.3) is 0 Å². The van der Waals surface area contributed by atoms with Crippen LogP contribution in [-0.2, 0) is 20.9 Å². The Kier molecular flexibility index (Phi) is 4.96. The van der Waals surface area contributed by atoms with Crippen molar-refractivity contribution in [1.82, 2.24) is 10.6 Å². The SMILES string of the molecule is Cc1cccc(CNC(=O)C2CC2C(=O)NCC2CCCO2)c1. The third kappa shape index (κ3) is 4.32. The van der Waals surface area contributed by atoms with Gasteiger partial charge in [0.05, 0.1) is 17.9 Å². The van der Waals surface area contributed by atoms with Crippen molar-refractivity contribution in [2.24, 2.45) is 11.8 Å². The van der Waals surface area contributed by atoms with Gasteiger partial charge in [-0.05, 0) is 31.7 Å². The Morgan fingerprint density at radius 3 is 2.70 bits per heavy atom. The lowest BCUT2D eigenvalue weighted by Gasteiger charge is -2.10. The monoisotopic (exact) mass is 316 g/mol. The minimum absolute atomic E-state index is 0.0174. The van der Waals surface area contributed by atoms with Crippen LogP contribution in [0.5, 0.6) is 0 Å². The van der Waals surface area contributed by atoms with Gasteiger partial charge in [0.2, 0.25) is 11.8 Å². The van der Waals surface area contributed by atoms with Crippen molar-refractivity contribution >= 4 is 11.8 Å². The van der Waals surface area contributed by atoms with Gasteiger partial charge in [0.15, 0.2) is 0 Å². The second kappa shape index (κ2) is 7.13. The topological polar surface area (TPSA) is 67.4 Å². The summed E-state index contributed by atoms with van der Waals surface area (Å²) in [6.45, 7) is 3.89. The average Bonchev–Trinajstić information content (AvgIpc) is 3.18. The van der Waals surface area contributed by atoms with Gasteiger partial charge in [-0.3, -0.25) is 9.59 Å². The van der Waals surface area contributed by atoms with Crippen LogP contribution in [0.1, 0.15) is 30.4 Å². The molecular formula is C18H24N2O3. The Balaban J connectivity index is 1.38. The van der Waals surface area contributed by atoms with E-state index in [9.17, 15) is 9.59 Å². The molecule has 2 aliphatic rings. The molecule has 2 amide bonds. The average molecular weight is 316 g/mol. The van der Waals surface area contributed by atoms with Crippen molar-refractivity contribution in [3.8, 4) is 0 Å². The molecule has 3 rings (SSSR count). The maximum atomic E-state index is 12.1. The molecule has 0 spiro atoms. The number of carbonyl (C=O) groups is 2. The first-order valence-corrected chi connectivity index (χ1v) is 8.36. The first-order chi connectivity index (χ1) is 11.1. The van der Waals surface area contributed by atoms with Crippen molar-refractivity contribution in [3.05, 3.63) is 35.4 Å². The number of ether oxygens (including phenoxy) is 1. The lowest BCUT2D eigenvalue weighted by atomic mass is 10.1. The Labute approximate surface area is 136 Å². The second-order valence-electron chi connectivity index (χ2n) is 6.54. The van der Waals surface area contributed by atoms with Crippen LogP contribution in [-0.4, -0.2) is 31.1 Å². The van der Waals surface area contributed by atoms with Gasteiger partial charge >= 0.3 is 0 Å². The fourth-order valence-electron chi connectivity index (χ4n) is 3.07. The number of hydrogen-bond acceptors (Lipinski definition) is 3.